The lowest BCUT2D eigenvalue weighted by molar-refractivity contribution is 0.0954. The van der Waals surface area contributed by atoms with Crippen LogP contribution in [0.1, 0.15) is 27.4 Å². The lowest BCUT2D eigenvalue weighted by Gasteiger charge is -2.05. The van der Waals surface area contributed by atoms with E-state index in [1.807, 2.05) is 48.7 Å². The van der Waals surface area contributed by atoms with Gasteiger partial charge in [-0.3, -0.25) is 4.79 Å². The number of methoxy groups -OCH3 is 1. The van der Waals surface area contributed by atoms with Gasteiger partial charge in [-0.05, 0) is 60.4 Å². The number of rotatable bonds is 8. The third kappa shape index (κ3) is 4.60. The molecule has 0 radical (unpaired) electrons. The minimum Gasteiger partial charge on any atom is -0.497 e. The van der Waals surface area contributed by atoms with Gasteiger partial charge in [0.05, 0.1) is 7.11 Å². The van der Waals surface area contributed by atoms with E-state index in [4.69, 9.17) is 9.15 Å². The highest BCUT2D eigenvalue weighted by Gasteiger charge is 2.12. The smallest absolute Gasteiger partial charge is 0.251 e. The van der Waals surface area contributed by atoms with Gasteiger partial charge in [0.2, 0.25) is 0 Å². The fourth-order valence-corrected chi connectivity index (χ4v) is 4.02. The Bertz CT molecular complexity index is 1400. The average molecular weight is 440 g/mol. The third-order valence-electron chi connectivity index (χ3n) is 5.82. The standard InChI is InChI=1S/C27H25N3O3/c1-32-21-9-11-23-22(16-21)20(17-29-23)13-14-28-27(31)19-8-10-24-25(15-19)33-26(30-24)12-7-18-5-3-2-4-6-18/h2-6,8-11,15-17,29H,7,12-14H2,1H3,(H,28,31). The van der Waals surface area contributed by atoms with Crippen LogP contribution in [0, 0.1) is 0 Å². The van der Waals surface area contributed by atoms with Crippen molar-refractivity contribution in [3.63, 3.8) is 0 Å². The van der Waals surface area contributed by atoms with Crippen molar-refractivity contribution in [3.8, 4) is 5.75 Å². The van der Waals surface area contributed by atoms with Crippen LogP contribution >= 0.6 is 0 Å². The number of aryl methyl sites for hydroxylation is 2. The van der Waals surface area contributed by atoms with Gasteiger partial charge in [-0.2, -0.15) is 0 Å². The Morgan fingerprint density at radius 1 is 1.03 bits per heavy atom. The number of fused-ring (bicyclic) bond motifs is 2. The SMILES string of the molecule is COc1ccc2[nH]cc(CCNC(=O)c3ccc4nc(CCc5ccccc5)oc4c3)c2c1. The van der Waals surface area contributed by atoms with E-state index in [-0.39, 0.29) is 5.91 Å². The summed E-state index contributed by atoms with van der Waals surface area (Å²) in [5.74, 6) is 1.37. The van der Waals surface area contributed by atoms with Gasteiger partial charge in [0.1, 0.15) is 11.3 Å². The van der Waals surface area contributed by atoms with Gasteiger partial charge >= 0.3 is 0 Å². The first-order valence-corrected chi connectivity index (χ1v) is 11.1. The molecule has 0 fully saturated rings. The van der Waals surface area contributed by atoms with Gasteiger partial charge in [0, 0.05) is 35.6 Å². The van der Waals surface area contributed by atoms with Crippen molar-refractivity contribution in [2.45, 2.75) is 19.3 Å². The van der Waals surface area contributed by atoms with E-state index < -0.39 is 0 Å². The Balaban J connectivity index is 1.21. The summed E-state index contributed by atoms with van der Waals surface area (Å²) in [6, 6.07) is 21.6. The van der Waals surface area contributed by atoms with Crippen LogP contribution in [-0.4, -0.2) is 29.5 Å². The van der Waals surface area contributed by atoms with Crippen molar-refractivity contribution in [2.24, 2.45) is 0 Å². The van der Waals surface area contributed by atoms with Crippen molar-refractivity contribution in [2.75, 3.05) is 13.7 Å². The van der Waals surface area contributed by atoms with E-state index in [9.17, 15) is 4.79 Å². The highest BCUT2D eigenvalue weighted by molar-refractivity contribution is 5.97. The normalized spacial score (nSPS) is 11.2. The number of carbonyl (C=O) groups is 1. The number of oxazole rings is 1. The molecule has 166 valence electrons. The first kappa shape index (κ1) is 20.8. The van der Waals surface area contributed by atoms with E-state index in [0.717, 1.165) is 40.6 Å². The molecule has 5 aromatic rings. The van der Waals surface area contributed by atoms with Gasteiger partial charge < -0.3 is 19.5 Å². The molecule has 2 heterocycles. The number of aromatic nitrogens is 2. The number of carbonyl (C=O) groups excluding carboxylic acids is 1. The van der Waals surface area contributed by atoms with E-state index >= 15 is 0 Å². The lowest BCUT2D eigenvalue weighted by Crippen LogP contribution is -2.25. The van der Waals surface area contributed by atoms with Gasteiger partial charge in [-0.1, -0.05) is 30.3 Å². The van der Waals surface area contributed by atoms with Crippen LogP contribution in [0.2, 0.25) is 0 Å². The zero-order chi connectivity index (χ0) is 22.6. The highest BCUT2D eigenvalue weighted by atomic mass is 16.5. The predicted molar refractivity (Wildman–Crippen MR) is 129 cm³/mol. The quantitative estimate of drug-likeness (QED) is 0.354. The number of amides is 1. The van der Waals surface area contributed by atoms with Crippen molar-refractivity contribution >= 4 is 27.9 Å². The molecule has 0 bridgehead atoms. The summed E-state index contributed by atoms with van der Waals surface area (Å²) in [6.45, 7) is 0.528. The average Bonchev–Trinajstić information content (AvgIpc) is 3.46. The summed E-state index contributed by atoms with van der Waals surface area (Å²) in [6.07, 6.45) is 4.28. The highest BCUT2D eigenvalue weighted by Crippen LogP contribution is 2.24. The summed E-state index contributed by atoms with van der Waals surface area (Å²) < 4.78 is 11.2. The van der Waals surface area contributed by atoms with Crippen LogP contribution < -0.4 is 10.1 Å². The van der Waals surface area contributed by atoms with Crippen LogP contribution in [0.25, 0.3) is 22.0 Å². The number of nitrogens with one attached hydrogen (secondary N) is 2. The zero-order valence-corrected chi connectivity index (χ0v) is 18.4. The summed E-state index contributed by atoms with van der Waals surface area (Å²) in [5, 5.41) is 4.11. The molecule has 2 aromatic heterocycles. The second-order valence-electron chi connectivity index (χ2n) is 8.01. The number of benzene rings is 3. The molecule has 1 amide bonds. The molecule has 0 saturated carbocycles. The van der Waals surface area contributed by atoms with Crippen molar-refractivity contribution < 1.29 is 13.9 Å². The summed E-state index contributed by atoms with van der Waals surface area (Å²) >= 11 is 0. The van der Waals surface area contributed by atoms with E-state index in [1.165, 1.54) is 5.56 Å². The molecule has 5 rings (SSSR count). The predicted octanol–water partition coefficient (Wildman–Crippen LogP) is 5.08. The van der Waals surface area contributed by atoms with Crippen LogP contribution in [0.15, 0.2) is 77.3 Å². The number of H-pyrrole nitrogens is 1. The molecule has 6 heteroatoms. The Hall–Kier alpha value is -4.06. The number of hydrogen-bond acceptors (Lipinski definition) is 4. The monoisotopic (exact) mass is 439 g/mol. The van der Waals surface area contributed by atoms with Gasteiger partial charge in [-0.15, -0.1) is 0 Å². The molecule has 2 N–H and O–H groups in total. The Morgan fingerprint density at radius 2 is 1.91 bits per heavy atom. The second kappa shape index (κ2) is 9.20. The van der Waals surface area contributed by atoms with Crippen molar-refractivity contribution in [3.05, 3.63) is 95.5 Å². The number of nitrogens with zero attached hydrogens (tertiary/aromatic N) is 1. The maximum atomic E-state index is 12.7. The number of aromatic amines is 1. The molecule has 0 atom stereocenters. The Kier molecular flexibility index (Phi) is 5.81. The molecule has 6 nitrogen and oxygen atoms in total. The molecular formula is C27H25N3O3. The Morgan fingerprint density at radius 3 is 2.76 bits per heavy atom. The van der Waals surface area contributed by atoms with Crippen LogP contribution in [0.5, 0.6) is 5.75 Å². The molecule has 0 unspecified atom stereocenters. The van der Waals surface area contributed by atoms with Crippen LogP contribution in [-0.2, 0) is 19.3 Å². The molecule has 0 aliphatic heterocycles. The minimum atomic E-state index is -0.128. The van der Waals surface area contributed by atoms with Crippen molar-refractivity contribution in [1.82, 2.24) is 15.3 Å². The Labute approximate surface area is 191 Å². The molecule has 3 aromatic carbocycles. The van der Waals surface area contributed by atoms with E-state index in [2.05, 4.69) is 27.4 Å². The fourth-order valence-electron chi connectivity index (χ4n) is 4.02. The topological polar surface area (TPSA) is 80.1 Å². The molecule has 0 spiro atoms. The maximum Gasteiger partial charge on any atom is 0.251 e. The molecule has 33 heavy (non-hydrogen) atoms. The van der Waals surface area contributed by atoms with Crippen LogP contribution in [0.4, 0.5) is 0 Å². The fraction of sp³-hybridized carbons (Fsp3) is 0.185. The number of ether oxygens (including phenoxy) is 1. The zero-order valence-electron chi connectivity index (χ0n) is 18.4. The molecule has 0 saturated heterocycles. The molecular weight excluding hydrogens is 414 g/mol. The molecule has 0 aliphatic rings. The molecule has 0 aliphatic carbocycles. The van der Waals surface area contributed by atoms with E-state index in [1.54, 1.807) is 19.2 Å². The summed E-state index contributed by atoms with van der Waals surface area (Å²) in [7, 11) is 1.66. The number of hydrogen-bond donors (Lipinski definition) is 2. The largest absolute Gasteiger partial charge is 0.497 e. The lowest BCUT2D eigenvalue weighted by atomic mass is 10.1. The summed E-state index contributed by atoms with van der Waals surface area (Å²) in [4.78, 5) is 20.5. The first-order chi connectivity index (χ1) is 16.2. The van der Waals surface area contributed by atoms with Gasteiger partial charge in [0.25, 0.3) is 5.91 Å². The third-order valence-corrected chi connectivity index (χ3v) is 5.82. The minimum absolute atomic E-state index is 0.128. The second-order valence-corrected chi connectivity index (χ2v) is 8.01. The van der Waals surface area contributed by atoms with Crippen molar-refractivity contribution in [1.29, 1.82) is 0 Å². The van der Waals surface area contributed by atoms with Gasteiger partial charge in [-0.25, -0.2) is 4.98 Å². The van der Waals surface area contributed by atoms with Crippen LogP contribution in [0.3, 0.4) is 0 Å². The summed E-state index contributed by atoms with van der Waals surface area (Å²) in [5.41, 5.74) is 5.40. The maximum absolute atomic E-state index is 12.7. The first-order valence-electron chi connectivity index (χ1n) is 11.1. The van der Waals surface area contributed by atoms with Gasteiger partial charge in [0.15, 0.2) is 11.5 Å². The van der Waals surface area contributed by atoms with E-state index in [0.29, 0.717) is 30.0 Å².